The lowest BCUT2D eigenvalue weighted by molar-refractivity contribution is -0.0664. The van der Waals surface area contributed by atoms with Crippen molar-refractivity contribution >= 4 is 5.91 Å². The molecule has 1 saturated carbocycles. The van der Waals surface area contributed by atoms with E-state index < -0.39 is 0 Å². The molecule has 3 rings (SSSR count). The largest absolute Gasteiger partial charge is 0.376 e. The van der Waals surface area contributed by atoms with Gasteiger partial charge in [0.15, 0.2) is 0 Å². The SMILES string of the molecule is CN(C)[C@H]1[C@H](NC(=O)c2c[nH]c(=O)cn2)[C@@H]2CCO[C@@H]21. The molecule has 7 nitrogen and oxygen atoms in total. The summed E-state index contributed by atoms with van der Waals surface area (Å²) in [6, 6.07) is 0.257. The number of hydrogen-bond donors (Lipinski definition) is 2. The fourth-order valence-corrected chi connectivity index (χ4v) is 3.18. The number of fused-ring (bicyclic) bond motifs is 1. The van der Waals surface area contributed by atoms with Crippen molar-refractivity contribution in [3.05, 3.63) is 28.4 Å². The monoisotopic (exact) mass is 278 g/mol. The second-order valence-electron chi connectivity index (χ2n) is 5.54. The van der Waals surface area contributed by atoms with Gasteiger partial charge in [-0.1, -0.05) is 0 Å². The Bertz CT molecular complexity index is 550. The van der Waals surface area contributed by atoms with Crippen molar-refractivity contribution in [2.45, 2.75) is 24.6 Å². The summed E-state index contributed by atoms with van der Waals surface area (Å²) in [6.07, 6.45) is 3.63. The van der Waals surface area contributed by atoms with Crippen LogP contribution in [-0.4, -0.2) is 59.7 Å². The molecule has 1 aliphatic heterocycles. The molecule has 0 bridgehead atoms. The average Bonchev–Trinajstić information content (AvgIpc) is 2.79. The Hall–Kier alpha value is -1.73. The standard InChI is InChI=1S/C13H18N4O3/c1-17(2)11-10(7-3-4-20-12(7)11)16-13(19)8-5-15-9(18)6-14-8/h5-7,10-12H,3-4H2,1-2H3,(H,15,18)(H,16,19)/t7-,10+,11-,12-/m0/s1. The van der Waals surface area contributed by atoms with Crippen molar-refractivity contribution < 1.29 is 9.53 Å². The first-order chi connectivity index (χ1) is 9.58. The summed E-state index contributed by atoms with van der Waals surface area (Å²) >= 11 is 0. The molecule has 1 aliphatic carbocycles. The molecule has 4 atom stereocenters. The normalized spacial score (nSPS) is 31.8. The molecule has 0 unspecified atom stereocenters. The predicted molar refractivity (Wildman–Crippen MR) is 71.4 cm³/mol. The van der Waals surface area contributed by atoms with Crippen molar-refractivity contribution in [1.82, 2.24) is 20.2 Å². The van der Waals surface area contributed by atoms with Crippen molar-refractivity contribution in [1.29, 1.82) is 0 Å². The third kappa shape index (κ3) is 2.12. The van der Waals surface area contributed by atoms with Gasteiger partial charge in [-0.3, -0.25) is 9.59 Å². The lowest BCUT2D eigenvalue weighted by Crippen LogP contribution is -2.69. The third-order valence-corrected chi connectivity index (χ3v) is 4.15. The lowest BCUT2D eigenvalue weighted by Gasteiger charge is -2.50. The summed E-state index contributed by atoms with van der Waals surface area (Å²) in [5.74, 6) is 0.109. The minimum absolute atomic E-state index is 0.0683. The van der Waals surface area contributed by atoms with Crippen LogP contribution in [0.3, 0.4) is 0 Å². The van der Waals surface area contributed by atoms with Gasteiger partial charge < -0.3 is 19.9 Å². The molecule has 1 aromatic rings. The molecule has 0 spiro atoms. The highest BCUT2D eigenvalue weighted by atomic mass is 16.5. The summed E-state index contributed by atoms with van der Waals surface area (Å²) in [5, 5.41) is 3.01. The number of nitrogens with one attached hydrogen (secondary N) is 2. The van der Waals surface area contributed by atoms with Gasteiger partial charge in [-0.05, 0) is 20.5 Å². The molecule has 0 aromatic carbocycles. The fraction of sp³-hybridized carbons (Fsp3) is 0.615. The number of aromatic nitrogens is 2. The van der Waals surface area contributed by atoms with Crippen LogP contribution in [0.4, 0.5) is 0 Å². The molecule has 1 amide bonds. The molecular formula is C13H18N4O3. The van der Waals surface area contributed by atoms with Crippen LogP contribution in [-0.2, 0) is 4.74 Å². The van der Waals surface area contributed by atoms with E-state index in [1.165, 1.54) is 6.20 Å². The highest BCUT2D eigenvalue weighted by Crippen LogP contribution is 2.41. The van der Waals surface area contributed by atoms with Gasteiger partial charge >= 0.3 is 0 Å². The van der Waals surface area contributed by atoms with Gasteiger partial charge in [0.1, 0.15) is 5.69 Å². The molecule has 1 saturated heterocycles. The third-order valence-electron chi connectivity index (χ3n) is 4.15. The number of ether oxygens (including phenoxy) is 1. The van der Waals surface area contributed by atoms with E-state index in [0.29, 0.717) is 5.92 Å². The zero-order valence-corrected chi connectivity index (χ0v) is 11.5. The summed E-state index contributed by atoms with van der Waals surface area (Å²) < 4.78 is 5.70. The van der Waals surface area contributed by atoms with E-state index in [4.69, 9.17) is 4.74 Å². The first kappa shape index (κ1) is 13.3. The predicted octanol–water partition coefficient (Wildman–Crippen LogP) is -0.783. The number of carbonyl (C=O) groups excluding carboxylic acids is 1. The molecule has 20 heavy (non-hydrogen) atoms. The van der Waals surface area contributed by atoms with Gasteiger partial charge in [0, 0.05) is 18.7 Å². The van der Waals surface area contributed by atoms with Gasteiger partial charge in [-0.15, -0.1) is 0 Å². The number of aromatic amines is 1. The number of amides is 1. The molecule has 2 aliphatic rings. The average molecular weight is 278 g/mol. The van der Waals surface area contributed by atoms with Crippen LogP contribution < -0.4 is 10.9 Å². The maximum absolute atomic E-state index is 12.2. The smallest absolute Gasteiger partial charge is 0.271 e. The number of rotatable bonds is 3. The Balaban J connectivity index is 1.72. The molecule has 7 heteroatoms. The Morgan fingerprint density at radius 2 is 2.35 bits per heavy atom. The molecule has 1 aromatic heterocycles. The summed E-state index contributed by atoms with van der Waals surface area (Å²) in [7, 11) is 3.97. The molecule has 108 valence electrons. The van der Waals surface area contributed by atoms with E-state index in [1.54, 1.807) is 0 Å². The number of likely N-dealkylation sites (N-methyl/N-ethyl adjacent to an activating group) is 1. The Kier molecular flexibility index (Phi) is 3.31. The lowest BCUT2D eigenvalue weighted by atomic mass is 9.71. The minimum atomic E-state index is -0.319. The zero-order chi connectivity index (χ0) is 14.3. The summed E-state index contributed by atoms with van der Waals surface area (Å²) in [6.45, 7) is 0.753. The van der Waals surface area contributed by atoms with Gasteiger partial charge in [0.05, 0.1) is 24.4 Å². The maximum Gasteiger partial charge on any atom is 0.271 e. The Morgan fingerprint density at radius 3 is 3.00 bits per heavy atom. The number of nitrogens with zero attached hydrogens (tertiary/aromatic N) is 2. The van der Waals surface area contributed by atoms with Crippen LogP contribution in [0.5, 0.6) is 0 Å². The van der Waals surface area contributed by atoms with Gasteiger partial charge in [-0.2, -0.15) is 0 Å². The molecule has 2 N–H and O–H groups in total. The van der Waals surface area contributed by atoms with Crippen LogP contribution in [0.15, 0.2) is 17.2 Å². The number of carbonyl (C=O) groups is 1. The topological polar surface area (TPSA) is 87.3 Å². The van der Waals surface area contributed by atoms with Crippen molar-refractivity contribution in [2.24, 2.45) is 5.92 Å². The van der Waals surface area contributed by atoms with Crippen molar-refractivity contribution in [3.63, 3.8) is 0 Å². The van der Waals surface area contributed by atoms with Gasteiger partial charge in [0.25, 0.3) is 11.5 Å². The second kappa shape index (κ2) is 4.99. The highest BCUT2D eigenvalue weighted by molar-refractivity contribution is 5.92. The van der Waals surface area contributed by atoms with Crippen LogP contribution in [0.1, 0.15) is 16.9 Å². The van der Waals surface area contributed by atoms with Crippen LogP contribution in [0.2, 0.25) is 0 Å². The van der Waals surface area contributed by atoms with E-state index in [1.807, 2.05) is 14.1 Å². The van der Waals surface area contributed by atoms with E-state index >= 15 is 0 Å². The fourth-order valence-electron chi connectivity index (χ4n) is 3.18. The maximum atomic E-state index is 12.2. The first-order valence-electron chi connectivity index (χ1n) is 6.71. The quantitative estimate of drug-likeness (QED) is 0.757. The number of hydrogen-bond acceptors (Lipinski definition) is 5. The van der Waals surface area contributed by atoms with Crippen molar-refractivity contribution in [2.75, 3.05) is 20.7 Å². The van der Waals surface area contributed by atoms with Gasteiger partial charge in [0.2, 0.25) is 0 Å². The Morgan fingerprint density at radius 1 is 1.55 bits per heavy atom. The molecular weight excluding hydrogens is 260 g/mol. The first-order valence-corrected chi connectivity index (χ1v) is 6.71. The second-order valence-corrected chi connectivity index (χ2v) is 5.54. The van der Waals surface area contributed by atoms with Crippen LogP contribution in [0, 0.1) is 5.92 Å². The minimum Gasteiger partial charge on any atom is -0.376 e. The summed E-state index contributed by atoms with van der Waals surface area (Å²) in [5.41, 5.74) is -0.0925. The highest BCUT2D eigenvalue weighted by Gasteiger charge is 2.55. The van der Waals surface area contributed by atoms with E-state index in [0.717, 1.165) is 19.2 Å². The molecule has 2 heterocycles. The van der Waals surface area contributed by atoms with E-state index in [-0.39, 0.29) is 35.3 Å². The van der Waals surface area contributed by atoms with E-state index in [2.05, 4.69) is 20.2 Å². The van der Waals surface area contributed by atoms with Crippen LogP contribution in [0.25, 0.3) is 0 Å². The molecule has 2 fully saturated rings. The van der Waals surface area contributed by atoms with Crippen LogP contribution >= 0.6 is 0 Å². The molecule has 0 radical (unpaired) electrons. The van der Waals surface area contributed by atoms with Gasteiger partial charge in [-0.25, -0.2) is 4.98 Å². The van der Waals surface area contributed by atoms with Crippen molar-refractivity contribution in [3.8, 4) is 0 Å². The zero-order valence-electron chi connectivity index (χ0n) is 11.5. The summed E-state index contributed by atoms with van der Waals surface area (Å²) in [4.78, 5) is 31.5. The number of H-pyrrole nitrogens is 1. The Labute approximate surface area is 116 Å². The van der Waals surface area contributed by atoms with E-state index in [9.17, 15) is 9.59 Å².